The van der Waals surface area contributed by atoms with E-state index in [-0.39, 0.29) is 49.1 Å². The van der Waals surface area contributed by atoms with Gasteiger partial charge in [-0.25, -0.2) is 0 Å². The van der Waals surface area contributed by atoms with Gasteiger partial charge in [0.05, 0.1) is 37.6 Å². The summed E-state index contributed by atoms with van der Waals surface area (Å²) in [6.45, 7) is 5.93. The molecule has 0 aromatic heterocycles. The summed E-state index contributed by atoms with van der Waals surface area (Å²) in [5.74, 6) is 0.0779. The lowest BCUT2D eigenvalue weighted by molar-refractivity contribution is -0.128. The van der Waals surface area contributed by atoms with E-state index in [1.807, 2.05) is 68.4 Å². The number of halogens is 2. The molecule has 0 fully saturated rings. The lowest BCUT2D eigenvalue weighted by atomic mass is 10.0. The number of benzene rings is 3. The quantitative estimate of drug-likeness (QED) is 0.363. The molecule has 0 bridgehead atoms. The van der Waals surface area contributed by atoms with Crippen molar-refractivity contribution in [2.24, 2.45) is 5.92 Å². The minimum absolute atomic E-state index is 0. The van der Waals surface area contributed by atoms with Crippen LogP contribution in [-0.4, -0.2) is 50.5 Å². The van der Waals surface area contributed by atoms with Gasteiger partial charge in [-0.05, 0) is 61.0 Å². The molecule has 2 N–H and O–H groups in total. The lowest BCUT2D eigenvalue weighted by Crippen LogP contribution is -2.55. The number of likely N-dealkylation sites (N-methyl/N-ethyl adjacent to an activating group) is 1. The molecule has 3 aromatic rings. The number of ether oxygens (including phenoxy) is 1. The summed E-state index contributed by atoms with van der Waals surface area (Å²) >= 11 is 3.54. The van der Waals surface area contributed by atoms with Gasteiger partial charge in [0, 0.05) is 16.5 Å². The second kappa shape index (κ2) is 13.5. The van der Waals surface area contributed by atoms with Crippen LogP contribution in [0.3, 0.4) is 0 Å². The van der Waals surface area contributed by atoms with E-state index < -0.39 is 12.1 Å². The molecule has 2 atom stereocenters. The molecule has 0 saturated carbocycles. The van der Waals surface area contributed by atoms with Crippen LogP contribution in [0.4, 0.5) is 11.4 Å². The fourth-order valence-electron chi connectivity index (χ4n) is 4.84. The first-order chi connectivity index (χ1) is 18.6. The fourth-order valence-corrected chi connectivity index (χ4v) is 5.22. The van der Waals surface area contributed by atoms with Crippen LogP contribution in [0.25, 0.3) is 10.8 Å². The van der Waals surface area contributed by atoms with Gasteiger partial charge in [-0.15, -0.1) is 12.4 Å². The number of methoxy groups -OCH3 is 1. The molecular weight excluding hydrogens is 596 g/mol. The molecule has 1 aliphatic heterocycles. The van der Waals surface area contributed by atoms with Gasteiger partial charge in [0.2, 0.25) is 11.8 Å². The molecule has 0 saturated heterocycles. The molecule has 1 heterocycles. The van der Waals surface area contributed by atoms with Crippen molar-refractivity contribution >= 4 is 68.2 Å². The second-order valence-electron chi connectivity index (χ2n) is 10.2. The van der Waals surface area contributed by atoms with E-state index >= 15 is 0 Å². The van der Waals surface area contributed by atoms with E-state index in [2.05, 4.69) is 26.6 Å². The molecule has 3 aromatic carbocycles. The summed E-state index contributed by atoms with van der Waals surface area (Å²) in [4.78, 5) is 43.9. The Morgan fingerprint density at radius 1 is 1.07 bits per heavy atom. The molecule has 8 nitrogen and oxygen atoms in total. The third-order valence-corrected chi connectivity index (χ3v) is 7.50. The van der Waals surface area contributed by atoms with Gasteiger partial charge in [-0.3, -0.25) is 14.4 Å². The average Bonchev–Trinajstić information content (AvgIpc) is 3.02. The molecule has 10 heteroatoms. The minimum Gasteiger partial charge on any atom is -0.496 e. The van der Waals surface area contributed by atoms with Crippen molar-refractivity contribution < 1.29 is 19.1 Å². The number of rotatable bonds is 8. The van der Waals surface area contributed by atoms with Crippen molar-refractivity contribution in [3.63, 3.8) is 0 Å². The molecule has 3 amide bonds. The highest BCUT2D eigenvalue weighted by atomic mass is 79.9. The first kappa shape index (κ1) is 31.4. The number of carbonyl (C=O) groups is 3. The maximum Gasteiger partial charge on any atom is 0.251 e. The van der Waals surface area contributed by atoms with Gasteiger partial charge in [-0.2, -0.15) is 0 Å². The van der Waals surface area contributed by atoms with Gasteiger partial charge in [0.15, 0.2) is 0 Å². The molecule has 2 unspecified atom stereocenters. The summed E-state index contributed by atoms with van der Waals surface area (Å²) in [6.07, 6.45) is 0.322. The number of carbonyl (C=O) groups excluding carboxylic acids is 3. The zero-order valence-electron chi connectivity index (χ0n) is 23.4. The number of fused-ring (bicyclic) bond motifs is 2. The SMILES string of the molecule is CNC(C)C(=O)NC1CN(C(=O)CC(C)C)c2ccccc2N(Cc2c(OC)ccc3cc(Br)ccc23)C1=O.Cl. The monoisotopic (exact) mass is 630 g/mol. The van der Waals surface area contributed by atoms with E-state index in [0.717, 1.165) is 20.8 Å². The Hall–Kier alpha value is -3.14. The summed E-state index contributed by atoms with van der Waals surface area (Å²) in [7, 11) is 3.29. The Bertz CT molecular complexity index is 1400. The number of nitrogens with one attached hydrogen (secondary N) is 2. The lowest BCUT2D eigenvalue weighted by Gasteiger charge is -2.27. The van der Waals surface area contributed by atoms with Crippen molar-refractivity contribution in [2.75, 3.05) is 30.5 Å². The number of hydrogen-bond acceptors (Lipinski definition) is 5. The van der Waals surface area contributed by atoms with Crippen LogP contribution in [0.15, 0.2) is 59.1 Å². The third kappa shape index (κ3) is 6.59. The topological polar surface area (TPSA) is 91.0 Å². The smallest absolute Gasteiger partial charge is 0.251 e. The zero-order chi connectivity index (χ0) is 28.3. The first-order valence-corrected chi connectivity index (χ1v) is 13.9. The van der Waals surface area contributed by atoms with Gasteiger partial charge in [0.25, 0.3) is 5.91 Å². The molecule has 214 valence electrons. The van der Waals surface area contributed by atoms with Crippen molar-refractivity contribution in [2.45, 2.75) is 45.8 Å². The Balaban J connectivity index is 0.00000441. The number of anilines is 2. The maximum absolute atomic E-state index is 14.2. The van der Waals surface area contributed by atoms with E-state index in [0.29, 0.717) is 23.5 Å². The highest BCUT2D eigenvalue weighted by Crippen LogP contribution is 2.37. The van der Waals surface area contributed by atoms with Crippen LogP contribution in [0, 0.1) is 5.92 Å². The van der Waals surface area contributed by atoms with Gasteiger partial charge in [-0.1, -0.05) is 54.0 Å². The molecule has 1 aliphatic rings. The molecule has 0 spiro atoms. The molecule has 4 rings (SSSR count). The molecule has 40 heavy (non-hydrogen) atoms. The number of para-hydroxylation sites is 2. The molecule has 0 aliphatic carbocycles. The summed E-state index contributed by atoms with van der Waals surface area (Å²) in [6, 6.07) is 15.8. The van der Waals surface area contributed by atoms with Gasteiger partial charge >= 0.3 is 0 Å². The molecule has 0 radical (unpaired) electrons. The van der Waals surface area contributed by atoms with Crippen molar-refractivity contribution in [1.29, 1.82) is 0 Å². The van der Waals surface area contributed by atoms with E-state index in [1.54, 1.807) is 30.9 Å². The largest absolute Gasteiger partial charge is 0.496 e. The van der Waals surface area contributed by atoms with Crippen molar-refractivity contribution in [1.82, 2.24) is 10.6 Å². The third-order valence-electron chi connectivity index (χ3n) is 7.01. The van der Waals surface area contributed by atoms with Crippen molar-refractivity contribution in [3.8, 4) is 5.75 Å². The minimum atomic E-state index is -0.938. The number of amides is 3. The normalized spacial score (nSPS) is 15.8. The summed E-state index contributed by atoms with van der Waals surface area (Å²) in [5.41, 5.74) is 2.08. The Labute approximate surface area is 250 Å². The Kier molecular flexibility index (Phi) is 10.6. The average molecular weight is 632 g/mol. The predicted molar refractivity (Wildman–Crippen MR) is 165 cm³/mol. The van der Waals surface area contributed by atoms with E-state index in [1.165, 1.54) is 0 Å². The standard InChI is InChI=1S/C30H35BrN4O4.ClH/c1-18(2)14-28(36)34-17-24(33-29(37)19(3)32-4)30(38)35(26-9-7-6-8-25(26)34)16-23-22-12-11-21(31)15-20(22)10-13-27(23)39-5;/h6-13,15,18-19,24,32H,14,16-17H2,1-5H3,(H,33,37);1H. The van der Waals surface area contributed by atoms with Gasteiger partial charge < -0.3 is 25.2 Å². The van der Waals surface area contributed by atoms with Crippen LogP contribution in [0.5, 0.6) is 5.75 Å². The van der Waals surface area contributed by atoms with Crippen LogP contribution >= 0.6 is 28.3 Å². The highest BCUT2D eigenvalue weighted by molar-refractivity contribution is 9.10. The van der Waals surface area contributed by atoms with Crippen LogP contribution in [0.1, 0.15) is 32.8 Å². The van der Waals surface area contributed by atoms with Crippen LogP contribution in [-0.2, 0) is 20.9 Å². The van der Waals surface area contributed by atoms with E-state index in [4.69, 9.17) is 4.74 Å². The number of nitrogens with zero attached hydrogens (tertiary/aromatic N) is 2. The van der Waals surface area contributed by atoms with Gasteiger partial charge in [0.1, 0.15) is 11.8 Å². The maximum atomic E-state index is 14.2. The summed E-state index contributed by atoms with van der Waals surface area (Å²) in [5, 5.41) is 7.76. The van der Waals surface area contributed by atoms with Crippen LogP contribution < -0.4 is 25.2 Å². The number of hydrogen-bond donors (Lipinski definition) is 2. The highest BCUT2D eigenvalue weighted by Gasteiger charge is 2.37. The predicted octanol–water partition coefficient (Wildman–Crippen LogP) is 5.05. The van der Waals surface area contributed by atoms with Crippen molar-refractivity contribution in [3.05, 3.63) is 64.6 Å². The summed E-state index contributed by atoms with van der Waals surface area (Å²) < 4.78 is 6.68. The first-order valence-electron chi connectivity index (χ1n) is 13.1. The van der Waals surface area contributed by atoms with Crippen LogP contribution in [0.2, 0.25) is 0 Å². The van der Waals surface area contributed by atoms with E-state index in [9.17, 15) is 14.4 Å². The Morgan fingerprint density at radius 3 is 2.42 bits per heavy atom. The second-order valence-corrected chi connectivity index (χ2v) is 11.1. The zero-order valence-corrected chi connectivity index (χ0v) is 25.8. The fraction of sp³-hybridized carbons (Fsp3) is 0.367. The molecular formula is C30H36BrClN4O4. The Morgan fingerprint density at radius 2 is 1.77 bits per heavy atom.